The molecule has 1 aromatic heterocycles. The lowest BCUT2D eigenvalue weighted by atomic mass is 10.1. The summed E-state index contributed by atoms with van der Waals surface area (Å²) in [6, 6.07) is 10.4. The summed E-state index contributed by atoms with van der Waals surface area (Å²) in [5, 5.41) is 12.1. The van der Waals surface area contributed by atoms with Crippen LogP contribution in [0, 0.1) is 11.3 Å². The quantitative estimate of drug-likeness (QED) is 0.932. The predicted molar refractivity (Wildman–Crippen MR) is 81.0 cm³/mol. The summed E-state index contributed by atoms with van der Waals surface area (Å²) < 4.78 is 1.70. The Kier molecular flexibility index (Phi) is 4.39. The first-order valence-corrected chi connectivity index (χ1v) is 6.85. The number of fused-ring (bicyclic) bond motifs is 1. The van der Waals surface area contributed by atoms with E-state index in [1.165, 1.54) is 6.07 Å². The van der Waals surface area contributed by atoms with E-state index in [9.17, 15) is 9.59 Å². The maximum atomic E-state index is 12.3. The first-order chi connectivity index (χ1) is 10.1. The van der Waals surface area contributed by atoms with Crippen molar-refractivity contribution in [3.63, 3.8) is 0 Å². The van der Waals surface area contributed by atoms with E-state index in [1.807, 2.05) is 19.1 Å². The number of hydrogen-bond acceptors (Lipinski definition) is 3. The molecule has 0 spiro atoms. The number of carbonyl (C=O) groups excluding carboxylic acids is 1. The highest BCUT2D eigenvalue weighted by molar-refractivity contribution is 5.95. The number of rotatable bonds is 4. The summed E-state index contributed by atoms with van der Waals surface area (Å²) >= 11 is 0. The monoisotopic (exact) mass is 283 g/mol. The number of para-hydroxylation sites is 1. The van der Waals surface area contributed by atoms with Crippen molar-refractivity contribution in [1.82, 2.24) is 9.88 Å². The standard InChI is InChI=1S/C16H17N3O2/c1-3-11(8-9-17)18-16(21)14-10-15(20)12-6-4-5-7-13(12)19(14)2/h4-7,10-11H,3,8H2,1-2H3,(H,18,21)/t11-/m0/s1. The molecular weight excluding hydrogens is 266 g/mol. The van der Waals surface area contributed by atoms with Crippen LogP contribution in [-0.4, -0.2) is 16.5 Å². The van der Waals surface area contributed by atoms with Crippen molar-refractivity contribution >= 4 is 16.8 Å². The van der Waals surface area contributed by atoms with Gasteiger partial charge < -0.3 is 9.88 Å². The summed E-state index contributed by atoms with van der Waals surface area (Å²) in [4.78, 5) is 24.4. The van der Waals surface area contributed by atoms with Gasteiger partial charge in [-0.2, -0.15) is 5.26 Å². The highest BCUT2D eigenvalue weighted by Crippen LogP contribution is 2.11. The van der Waals surface area contributed by atoms with E-state index in [0.29, 0.717) is 23.0 Å². The molecule has 1 heterocycles. The van der Waals surface area contributed by atoms with Crippen molar-refractivity contribution in [2.24, 2.45) is 7.05 Å². The van der Waals surface area contributed by atoms with Gasteiger partial charge in [-0.25, -0.2) is 0 Å². The van der Waals surface area contributed by atoms with Crippen LogP contribution in [0.3, 0.4) is 0 Å². The van der Waals surface area contributed by atoms with Crippen LogP contribution in [0.25, 0.3) is 10.9 Å². The molecule has 0 bridgehead atoms. The van der Waals surface area contributed by atoms with E-state index in [-0.39, 0.29) is 23.8 Å². The molecule has 0 unspecified atom stereocenters. The summed E-state index contributed by atoms with van der Waals surface area (Å²) in [6.07, 6.45) is 0.921. The summed E-state index contributed by atoms with van der Waals surface area (Å²) in [5.74, 6) is -0.331. The fourth-order valence-electron chi connectivity index (χ4n) is 2.29. The summed E-state index contributed by atoms with van der Waals surface area (Å²) in [6.45, 7) is 1.90. The lowest BCUT2D eigenvalue weighted by Crippen LogP contribution is -2.36. The first kappa shape index (κ1) is 14.8. The molecule has 0 saturated carbocycles. The topological polar surface area (TPSA) is 74.9 Å². The van der Waals surface area contributed by atoms with Gasteiger partial charge in [-0.15, -0.1) is 0 Å². The smallest absolute Gasteiger partial charge is 0.268 e. The Balaban J connectivity index is 2.43. The Bertz CT molecular complexity index is 771. The zero-order valence-electron chi connectivity index (χ0n) is 12.1. The number of nitrogens with zero attached hydrogens (tertiary/aromatic N) is 2. The summed E-state index contributed by atoms with van der Waals surface area (Å²) in [7, 11) is 1.75. The Labute approximate surface area is 122 Å². The first-order valence-electron chi connectivity index (χ1n) is 6.85. The van der Waals surface area contributed by atoms with Crippen LogP contribution < -0.4 is 10.7 Å². The molecule has 0 aliphatic heterocycles. The molecule has 5 heteroatoms. The van der Waals surface area contributed by atoms with Gasteiger partial charge in [0.05, 0.1) is 18.0 Å². The van der Waals surface area contributed by atoms with Crippen molar-refractivity contribution in [2.75, 3.05) is 0 Å². The average molecular weight is 283 g/mol. The maximum Gasteiger partial charge on any atom is 0.268 e. The van der Waals surface area contributed by atoms with Gasteiger partial charge in [0.15, 0.2) is 5.43 Å². The lowest BCUT2D eigenvalue weighted by molar-refractivity contribution is 0.0928. The number of pyridine rings is 1. The normalized spacial score (nSPS) is 11.9. The van der Waals surface area contributed by atoms with E-state index >= 15 is 0 Å². The van der Waals surface area contributed by atoms with Crippen molar-refractivity contribution < 1.29 is 4.79 Å². The van der Waals surface area contributed by atoms with Gasteiger partial charge >= 0.3 is 0 Å². The molecule has 0 radical (unpaired) electrons. The van der Waals surface area contributed by atoms with Crippen LogP contribution in [0.5, 0.6) is 0 Å². The van der Waals surface area contributed by atoms with E-state index in [4.69, 9.17) is 5.26 Å². The molecule has 5 nitrogen and oxygen atoms in total. The highest BCUT2D eigenvalue weighted by atomic mass is 16.2. The fraction of sp³-hybridized carbons (Fsp3) is 0.312. The zero-order valence-corrected chi connectivity index (χ0v) is 12.1. The van der Waals surface area contributed by atoms with E-state index in [1.54, 1.807) is 29.8 Å². The molecule has 1 amide bonds. The Morgan fingerprint density at radius 1 is 1.43 bits per heavy atom. The molecular formula is C16H17N3O2. The molecule has 0 fully saturated rings. The number of nitriles is 1. The second-order valence-electron chi connectivity index (χ2n) is 4.91. The SMILES string of the molecule is CC[C@@H](CC#N)NC(=O)c1cc(=O)c2ccccc2n1C. The molecule has 1 aromatic carbocycles. The van der Waals surface area contributed by atoms with Gasteiger partial charge in [0, 0.05) is 24.5 Å². The molecule has 108 valence electrons. The van der Waals surface area contributed by atoms with Crippen LogP contribution >= 0.6 is 0 Å². The summed E-state index contributed by atoms with van der Waals surface area (Å²) in [5.41, 5.74) is 0.834. The average Bonchev–Trinajstić information content (AvgIpc) is 2.50. The minimum atomic E-state index is -0.331. The molecule has 2 rings (SSSR count). The number of aryl methyl sites for hydroxylation is 1. The number of amides is 1. The van der Waals surface area contributed by atoms with Gasteiger partial charge in [0.2, 0.25) is 0 Å². The van der Waals surface area contributed by atoms with Crippen molar-refractivity contribution in [2.45, 2.75) is 25.8 Å². The third kappa shape index (κ3) is 2.95. The van der Waals surface area contributed by atoms with Crippen LogP contribution in [-0.2, 0) is 7.05 Å². The number of aromatic nitrogens is 1. The predicted octanol–water partition coefficient (Wildman–Crippen LogP) is 1.96. The van der Waals surface area contributed by atoms with Crippen molar-refractivity contribution in [3.8, 4) is 6.07 Å². The van der Waals surface area contributed by atoms with Gasteiger partial charge in [-0.3, -0.25) is 9.59 Å². The largest absolute Gasteiger partial charge is 0.347 e. The van der Waals surface area contributed by atoms with Crippen molar-refractivity contribution in [1.29, 1.82) is 5.26 Å². The fourth-order valence-corrected chi connectivity index (χ4v) is 2.29. The Hall–Kier alpha value is -2.61. The number of hydrogen-bond donors (Lipinski definition) is 1. The van der Waals surface area contributed by atoms with Gasteiger partial charge in [-0.1, -0.05) is 19.1 Å². The second-order valence-corrected chi connectivity index (χ2v) is 4.91. The number of benzene rings is 1. The number of carbonyl (C=O) groups is 1. The van der Waals surface area contributed by atoms with Crippen LogP contribution in [0.2, 0.25) is 0 Å². The lowest BCUT2D eigenvalue weighted by Gasteiger charge is -2.16. The minimum Gasteiger partial charge on any atom is -0.347 e. The van der Waals surface area contributed by atoms with Crippen molar-refractivity contribution in [3.05, 3.63) is 46.2 Å². The van der Waals surface area contributed by atoms with Gasteiger partial charge in [0.1, 0.15) is 5.69 Å². The van der Waals surface area contributed by atoms with Crippen LogP contribution in [0.15, 0.2) is 35.1 Å². The molecule has 1 N–H and O–H groups in total. The molecule has 0 aliphatic carbocycles. The van der Waals surface area contributed by atoms with E-state index < -0.39 is 0 Å². The molecule has 21 heavy (non-hydrogen) atoms. The van der Waals surface area contributed by atoms with Gasteiger partial charge in [0.25, 0.3) is 5.91 Å². The molecule has 0 saturated heterocycles. The molecule has 2 aromatic rings. The maximum absolute atomic E-state index is 12.3. The van der Waals surface area contributed by atoms with E-state index in [2.05, 4.69) is 5.32 Å². The molecule has 1 atom stereocenters. The number of nitrogens with one attached hydrogen (secondary N) is 1. The minimum absolute atomic E-state index is 0.179. The Morgan fingerprint density at radius 3 is 2.81 bits per heavy atom. The van der Waals surface area contributed by atoms with Gasteiger partial charge in [-0.05, 0) is 18.6 Å². The van der Waals surface area contributed by atoms with Crippen LogP contribution in [0.4, 0.5) is 0 Å². The molecule has 0 aliphatic rings. The highest BCUT2D eigenvalue weighted by Gasteiger charge is 2.16. The van der Waals surface area contributed by atoms with E-state index in [0.717, 1.165) is 0 Å². The third-order valence-electron chi connectivity index (χ3n) is 3.56. The third-order valence-corrected chi connectivity index (χ3v) is 3.56. The Morgan fingerprint density at radius 2 is 2.14 bits per heavy atom. The zero-order chi connectivity index (χ0) is 15.4. The second kappa shape index (κ2) is 6.23. The van der Waals surface area contributed by atoms with Crippen LogP contribution in [0.1, 0.15) is 30.3 Å².